The number of benzene rings is 2. The molecule has 2 aromatic carbocycles. The first-order valence-corrected chi connectivity index (χ1v) is 9.13. The minimum Gasteiger partial charge on any atom is -0.508 e. The van der Waals surface area contributed by atoms with Gasteiger partial charge in [-0.1, -0.05) is 30.3 Å². The molecule has 3 aromatic rings. The summed E-state index contributed by atoms with van der Waals surface area (Å²) in [7, 11) is 3.88. The molecule has 1 heterocycles. The molecule has 0 aliphatic rings. The highest BCUT2D eigenvalue weighted by molar-refractivity contribution is 6.08. The van der Waals surface area contributed by atoms with Crippen molar-refractivity contribution in [2.45, 2.75) is 26.9 Å². The second-order valence-corrected chi connectivity index (χ2v) is 6.95. The van der Waals surface area contributed by atoms with Crippen LogP contribution in [-0.4, -0.2) is 41.2 Å². The molecular weight excluding hydrogens is 340 g/mol. The molecule has 0 saturated heterocycles. The summed E-state index contributed by atoms with van der Waals surface area (Å²) < 4.78 is 7.45. The van der Waals surface area contributed by atoms with Crippen LogP contribution in [0, 0.1) is 6.92 Å². The topological polar surface area (TPSA) is 54.7 Å². The number of carbonyl (C=O) groups excluding carboxylic acids is 1. The van der Waals surface area contributed by atoms with Gasteiger partial charge in [-0.15, -0.1) is 0 Å². The van der Waals surface area contributed by atoms with Crippen LogP contribution >= 0.6 is 0 Å². The van der Waals surface area contributed by atoms with Crippen LogP contribution in [0.1, 0.15) is 34.1 Å². The molecule has 0 unspecified atom stereocenters. The van der Waals surface area contributed by atoms with E-state index < -0.39 is 0 Å². The largest absolute Gasteiger partial charge is 0.508 e. The third-order valence-electron chi connectivity index (χ3n) is 4.71. The van der Waals surface area contributed by atoms with Crippen LogP contribution in [0.25, 0.3) is 10.9 Å². The lowest BCUT2D eigenvalue weighted by Gasteiger charge is -2.14. The molecule has 3 rings (SSSR count). The van der Waals surface area contributed by atoms with Gasteiger partial charge in [0, 0.05) is 29.7 Å². The predicted molar refractivity (Wildman–Crippen MR) is 107 cm³/mol. The van der Waals surface area contributed by atoms with Gasteiger partial charge in [-0.05, 0) is 45.6 Å². The van der Waals surface area contributed by atoms with E-state index in [9.17, 15) is 9.90 Å². The predicted octanol–water partition coefficient (Wildman–Crippen LogP) is 3.94. The average Bonchev–Trinajstić information content (AvgIpc) is 2.91. The number of phenolic OH excluding ortho intramolecular Hbond substituents is 1. The van der Waals surface area contributed by atoms with Crippen molar-refractivity contribution in [2.75, 3.05) is 20.7 Å². The van der Waals surface area contributed by atoms with Crippen LogP contribution < -0.4 is 0 Å². The van der Waals surface area contributed by atoms with Crippen molar-refractivity contribution in [1.82, 2.24) is 9.47 Å². The Labute approximate surface area is 159 Å². The molecule has 0 spiro atoms. The molecule has 0 fully saturated rings. The summed E-state index contributed by atoms with van der Waals surface area (Å²) in [4.78, 5) is 14.7. The Hall–Kier alpha value is -2.79. The van der Waals surface area contributed by atoms with Gasteiger partial charge in [-0.3, -0.25) is 0 Å². The maximum atomic E-state index is 12.8. The summed E-state index contributed by atoms with van der Waals surface area (Å²) in [6.45, 7) is 5.23. The third kappa shape index (κ3) is 3.69. The molecule has 0 aliphatic heterocycles. The summed E-state index contributed by atoms with van der Waals surface area (Å²) in [6.07, 6.45) is 0. The van der Waals surface area contributed by atoms with E-state index in [0.29, 0.717) is 25.3 Å². The highest BCUT2D eigenvalue weighted by atomic mass is 16.5. The molecular formula is C22H26N2O3. The molecule has 1 N–H and O–H groups in total. The monoisotopic (exact) mass is 366 g/mol. The number of phenols is 1. The summed E-state index contributed by atoms with van der Waals surface area (Å²) in [6, 6.07) is 13.7. The number of hydrogen-bond donors (Lipinski definition) is 1. The lowest BCUT2D eigenvalue weighted by atomic mass is 10.0. The Kier molecular flexibility index (Phi) is 5.51. The van der Waals surface area contributed by atoms with Gasteiger partial charge in [0.1, 0.15) is 5.75 Å². The first-order valence-electron chi connectivity index (χ1n) is 9.13. The lowest BCUT2D eigenvalue weighted by Crippen LogP contribution is -2.12. The zero-order chi connectivity index (χ0) is 19.6. The fraction of sp³-hybridized carbons (Fsp3) is 0.318. The van der Waals surface area contributed by atoms with Crippen molar-refractivity contribution in [3.05, 3.63) is 64.8 Å². The smallest absolute Gasteiger partial charge is 0.340 e. The zero-order valence-electron chi connectivity index (χ0n) is 16.3. The number of carbonyl (C=O) groups is 1. The van der Waals surface area contributed by atoms with E-state index in [1.165, 1.54) is 0 Å². The minimum absolute atomic E-state index is 0.193. The fourth-order valence-electron chi connectivity index (χ4n) is 3.52. The molecule has 0 bridgehead atoms. The van der Waals surface area contributed by atoms with Gasteiger partial charge in [0.25, 0.3) is 0 Å². The van der Waals surface area contributed by atoms with Crippen molar-refractivity contribution in [3.8, 4) is 5.75 Å². The maximum absolute atomic E-state index is 12.8. The molecule has 142 valence electrons. The minimum atomic E-state index is -0.350. The molecule has 1 aromatic heterocycles. The molecule has 27 heavy (non-hydrogen) atoms. The number of rotatable bonds is 6. The Bertz CT molecular complexity index is 959. The average molecular weight is 366 g/mol. The Balaban J connectivity index is 2.27. The number of aromatic hydroxyl groups is 1. The van der Waals surface area contributed by atoms with Crippen LogP contribution in [0.3, 0.4) is 0 Å². The van der Waals surface area contributed by atoms with Crippen LogP contribution in [0.4, 0.5) is 0 Å². The first kappa shape index (κ1) is 19.0. The van der Waals surface area contributed by atoms with E-state index >= 15 is 0 Å². The Morgan fingerprint density at radius 1 is 1.15 bits per heavy atom. The molecule has 0 atom stereocenters. The number of hydrogen-bond acceptors (Lipinski definition) is 4. The molecule has 0 aliphatic carbocycles. The van der Waals surface area contributed by atoms with Gasteiger partial charge in [0.05, 0.1) is 17.7 Å². The van der Waals surface area contributed by atoms with Gasteiger partial charge >= 0.3 is 5.97 Å². The van der Waals surface area contributed by atoms with E-state index in [1.54, 1.807) is 13.0 Å². The van der Waals surface area contributed by atoms with Gasteiger partial charge in [0.15, 0.2) is 0 Å². The van der Waals surface area contributed by atoms with E-state index in [2.05, 4.69) is 16.7 Å². The Morgan fingerprint density at radius 2 is 1.85 bits per heavy atom. The van der Waals surface area contributed by atoms with Crippen LogP contribution in [-0.2, 0) is 17.8 Å². The summed E-state index contributed by atoms with van der Waals surface area (Å²) in [5.74, 6) is -0.156. The lowest BCUT2D eigenvalue weighted by molar-refractivity contribution is 0.0527. The summed E-state index contributed by atoms with van der Waals surface area (Å²) in [5.41, 5.74) is 4.20. The standard InChI is InChI=1S/C22H26N2O3/c1-5-27-22(26)20-15(2)24(13-16-9-7-6-8-10-16)18-11-12-19(25)17(21(18)20)14-23(3)4/h6-12,25H,5,13-14H2,1-4H3. The molecule has 0 amide bonds. The Morgan fingerprint density at radius 3 is 2.48 bits per heavy atom. The van der Waals surface area contributed by atoms with Crippen LogP contribution in [0.15, 0.2) is 42.5 Å². The number of nitrogens with zero attached hydrogens (tertiary/aromatic N) is 2. The zero-order valence-corrected chi connectivity index (χ0v) is 16.3. The number of aromatic nitrogens is 1. The number of ether oxygens (including phenoxy) is 1. The van der Waals surface area contributed by atoms with Crippen molar-refractivity contribution in [3.63, 3.8) is 0 Å². The molecule has 5 nitrogen and oxygen atoms in total. The maximum Gasteiger partial charge on any atom is 0.340 e. The second-order valence-electron chi connectivity index (χ2n) is 6.95. The molecule has 5 heteroatoms. The highest BCUT2D eigenvalue weighted by Crippen LogP contribution is 2.35. The van der Waals surface area contributed by atoms with Crippen LogP contribution in [0.5, 0.6) is 5.75 Å². The van der Waals surface area contributed by atoms with E-state index in [-0.39, 0.29) is 11.7 Å². The quantitative estimate of drug-likeness (QED) is 0.672. The first-order chi connectivity index (χ1) is 12.9. The number of fused-ring (bicyclic) bond motifs is 1. The van der Waals surface area contributed by atoms with E-state index in [1.807, 2.05) is 50.2 Å². The number of esters is 1. The fourth-order valence-corrected chi connectivity index (χ4v) is 3.52. The second kappa shape index (κ2) is 7.84. The van der Waals surface area contributed by atoms with Gasteiger partial charge in [-0.2, -0.15) is 0 Å². The van der Waals surface area contributed by atoms with Crippen molar-refractivity contribution >= 4 is 16.9 Å². The van der Waals surface area contributed by atoms with Gasteiger partial charge in [0.2, 0.25) is 0 Å². The van der Waals surface area contributed by atoms with Crippen molar-refractivity contribution in [1.29, 1.82) is 0 Å². The van der Waals surface area contributed by atoms with Gasteiger partial charge in [-0.25, -0.2) is 4.79 Å². The SMILES string of the molecule is CCOC(=O)c1c(C)n(Cc2ccccc2)c2ccc(O)c(CN(C)C)c12. The van der Waals surface area contributed by atoms with Gasteiger partial charge < -0.3 is 19.3 Å². The third-order valence-corrected chi connectivity index (χ3v) is 4.71. The van der Waals surface area contributed by atoms with Crippen LogP contribution in [0.2, 0.25) is 0 Å². The highest BCUT2D eigenvalue weighted by Gasteiger charge is 2.25. The molecule has 0 saturated carbocycles. The van der Waals surface area contributed by atoms with Crippen molar-refractivity contribution in [2.24, 2.45) is 0 Å². The normalized spacial score (nSPS) is 11.3. The summed E-state index contributed by atoms with van der Waals surface area (Å²) in [5, 5.41) is 11.3. The van der Waals surface area contributed by atoms with Crippen molar-refractivity contribution < 1.29 is 14.6 Å². The molecule has 0 radical (unpaired) electrons. The summed E-state index contributed by atoms with van der Waals surface area (Å²) >= 11 is 0. The van der Waals surface area contributed by atoms with E-state index in [0.717, 1.165) is 27.7 Å². The van der Waals surface area contributed by atoms with E-state index in [4.69, 9.17) is 4.74 Å².